The minimum atomic E-state index is -0.666. The van der Waals surface area contributed by atoms with E-state index in [0.717, 1.165) is 5.56 Å². The molecule has 0 radical (unpaired) electrons. The number of hydrogen-bond acceptors (Lipinski definition) is 8. The van der Waals surface area contributed by atoms with E-state index in [-0.39, 0.29) is 55.4 Å². The van der Waals surface area contributed by atoms with Crippen LogP contribution in [0.2, 0.25) is 0 Å². The Bertz CT molecular complexity index is 1400. The Morgan fingerprint density at radius 3 is 2.32 bits per heavy atom. The molecule has 2 aliphatic heterocycles. The summed E-state index contributed by atoms with van der Waals surface area (Å²) in [6, 6.07) is 16.2. The number of aryl methyl sites for hydroxylation is 1. The van der Waals surface area contributed by atoms with Crippen LogP contribution >= 0.6 is 0 Å². The Labute approximate surface area is 257 Å². The number of hydrazine groups is 1. The van der Waals surface area contributed by atoms with Gasteiger partial charge in [0.25, 0.3) is 0 Å². The van der Waals surface area contributed by atoms with E-state index in [2.05, 4.69) is 17.6 Å². The van der Waals surface area contributed by atoms with Gasteiger partial charge in [-0.15, -0.1) is 6.58 Å². The number of urea groups is 1. The normalized spacial score (nSPS) is 17.9. The number of benzene rings is 2. The highest BCUT2D eigenvalue weighted by Crippen LogP contribution is 2.24. The number of carbonyl (C=O) groups is 3. The average molecular weight is 601 g/mol. The van der Waals surface area contributed by atoms with Crippen molar-refractivity contribution in [1.29, 1.82) is 10.8 Å². The van der Waals surface area contributed by atoms with E-state index in [1.807, 2.05) is 49.4 Å². The molecule has 0 aromatic heterocycles. The first-order valence-electron chi connectivity index (χ1n) is 14.1. The standard InChI is InChI=1S/C24H27N7O3.C7H8O.CH5N/c1-2-10-29-15-23(33)30-16-22(32)28(13-18-8-9-19(25)20(26)11-18)14-21(30)31(29)24(34)27-12-17-6-4-3-5-7-17;1-6-2-4-7(8)5-3-6;1-2/h2-9,11,21,25-26H,1,10,12-16H2,(H,27,34);2-5,8H,1H3;2H2,1H3. The second-order valence-electron chi connectivity index (χ2n) is 10.1. The van der Waals surface area contributed by atoms with Gasteiger partial charge in [0.2, 0.25) is 11.8 Å². The Morgan fingerprint density at radius 1 is 1.02 bits per heavy atom. The van der Waals surface area contributed by atoms with Gasteiger partial charge in [0.15, 0.2) is 0 Å². The molecule has 2 aromatic carbocycles. The van der Waals surface area contributed by atoms with Crippen molar-refractivity contribution in [2.45, 2.75) is 19.6 Å². The van der Waals surface area contributed by atoms with Crippen LogP contribution in [0.1, 0.15) is 11.1 Å². The molecule has 3 aliphatic rings. The van der Waals surface area contributed by atoms with Crippen molar-refractivity contribution in [2.75, 3.05) is 39.8 Å². The number of rotatable bonds is 6. The smallest absolute Gasteiger partial charge is 0.334 e. The molecule has 2 aromatic rings. The first-order valence-corrected chi connectivity index (χ1v) is 14.1. The van der Waals surface area contributed by atoms with Gasteiger partial charge in [0.05, 0.1) is 24.5 Å². The van der Waals surface area contributed by atoms with Gasteiger partial charge < -0.3 is 26.0 Å². The van der Waals surface area contributed by atoms with E-state index in [9.17, 15) is 14.4 Å². The summed E-state index contributed by atoms with van der Waals surface area (Å²) in [7, 11) is 1.50. The van der Waals surface area contributed by atoms with Crippen LogP contribution in [0.4, 0.5) is 4.79 Å². The van der Waals surface area contributed by atoms with Crippen LogP contribution in [0.15, 0.2) is 91.1 Å². The molecule has 6 N–H and O–H groups in total. The highest BCUT2D eigenvalue weighted by atomic mass is 16.3. The Morgan fingerprint density at radius 2 is 1.70 bits per heavy atom. The fourth-order valence-corrected chi connectivity index (χ4v) is 4.75. The lowest BCUT2D eigenvalue weighted by molar-refractivity contribution is -0.179. The number of nitrogens with two attached hydrogens (primary N) is 1. The average Bonchev–Trinajstić information content (AvgIpc) is 3.02. The van der Waals surface area contributed by atoms with Crippen LogP contribution < -0.4 is 11.1 Å². The van der Waals surface area contributed by atoms with Gasteiger partial charge in [0.1, 0.15) is 18.5 Å². The van der Waals surface area contributed by atoms with E-state index >= 15 is 0 Å². The van der Waals surface area contributed by atoms with Crippen molar-refractivity contribution in [3.8, 4) is 5.75 Å². The predicted molar refractivity (Wildman–Crippen MR) is 170 cm³/mol. The molecule has 0 saturated carbocycles. The van der Waals surface area contributed by atoms with Crippen molar-refractivity contribution < 1.29 is 19.5 Å². The number of allylic oxidation sites excluding steroid dienone is 2. The van der Waals surface area contributed by atoms with Crippen LogP contribution in [0.3, 0.4) is 0 Å². The summed E-state index contributed by atoms with van der Waals surface area (Å²) in [6.45, 7) is 6.57. The lowest BCUT2D eigenvalue weighted by atomic mass is 10.0. The second-order valence-corrected chi connectivity index (χ2v) is 10.1. The molecule has 44 heavy (non-hydrogen) atoms. The van der Waals surface area contributed by atoms with Gasteiger partial charge in [-0.1, -0.05) is 60.2 Å². The summed E-state index contributed by atoms with van der Waals surface area (Å²) in [5.74, 6) is -0.123. The minimum Gasteiger partial charge on any atom is -0.508 e. The molecule has 5 rings (SSSR count). The highest BCUT2D eigenvalue weighted by Gasteiger charge is 2.46. The third-order valence-electron chi connectivity index (χ3n) is 6.95. The van der Waals surface area contributed by atoms with E-state index in [4.69, 9.17) is 15.9 Å². The number of fused-ring (bicyclic) bond motifs is 1. The van der Waals surface area contributed by atoms with Crippen LogP contribution in [-0.2, 0) is 16.1 Å². The number of piperazine rings is 1. The van der Waals surface area contributed by atoms with Crippen molar-refractivity contribution in [3.05, 3.63) is 102 Å². The maximum Gasteiger partial charge on any atom is 0.334 e. The van der Waals surface area contributed by atoms with E-state index in [1.165, 1.54) is 28.6 Å². The third kappa shape index (κ3) is 8.72. The largest absolute Gasteiger partial charge is 0.508 e. The molecule has 0 bridgehead atoms. The molecule has 4 amide bonds. The minimum absolute atomic E-state index is 0.0261. The summed E-state index contributed by atoms with van der Waals surface area (Å²) in [4.78, 5) is 42.0. The molecule has 232 valence electrons. The summed E-state index contributed by atoms with van der Waals surface area (Å²) < 4.78 is 0. The molecule has 0 spiro atoms. The van der Waals surface area contributed by atoms with Gasteiger partial charge >= 0.3 is 6.03 Å². The monoisotopic (exact) mass is 600 g/mol. The van der Waals surface area contributed by atoms with Gasteiger partial charge in [-0.3, -0.25) is 20.4 Å². The third-order valence-corrected chi connectivity index (χ3v) is 6.95. The number of nitrogens with one attached hydrogen (secondary N) is 3. The first-order chi connectivity index (χ1) is 21.2. The molecule has 12 nitrogen and oxygen atoms in total. The molecule has 2 heterocycles. The topological polar surface area (TPSA) is 170 Å². The zero-order valence-electron chi connectivity index (χ0n) is 25.1. The highest BCUT2D eigenvalue weighted by molar-refractivity contribution is 6.49. The SMILES string of the molecule is C=CCN1CC(=O)N2CC(=O)N(CC3=CC(=N)C(=N)C=C3)CC2N1C(=O)NCc1ccccc1.CN.Cc1ccc(O)cc1. The fraction of sp³-hybridized carbons (Fsp3) is 0.281. The molecule has 2 saturated heterocycles. The maximum absolute atomic E-state index is 13.3. The number of phenolic OH excluding ortho intramolecular Hbond substituents is 1. The molecule has 1 unspecified atom stereocenters. The van der Waals surface area contributed by atoms with Crippen molar-refractivity contribution in [2.24, 2.45) is 5.73 Å². The number of carbonyl (C=O) groups excluding carboxylic acids is 3. The molecule has 12 heteroatoms. The van der Waals surface area contributed by atoms with Crippen LogP contribution in [-0.4, -0.2) is 100 Å². The molecule has 1 aliphatic carbocycles. The van der Waals surface area contributed by atoms with Crippen LogP contribution in [0.25, 0.3) is 0 Å². The number of aromatic hydroxyl groups is 1. The summed E-state index contributed by atoms with van der Waals surface area (Å²) in [5, 5.41) is 30.4. The van der Waals surface area contributed by atoms with E-state index < -0.39 is 6.17 Å². The molecular formula is C32H40N8O4. The van der Waals surface area contributed by atoms with E-state index in [0.29, 0.717) is 24.4 Å². The fourth-order valence-electron chi connectivity index (χ4n) is 4.75. The predicted octanol–water partition coefficient (Wildman–Crippen LogP) is 2.42. The van der Waals surface area contributed by atoms with Crippen LogP contribution in [0.5, 0.6) is 5.75 Å². The van der Waals surface area contributed by atoms with Gasteiger partial charge in [-0.25, -0.2) is 14.8 Å². The number of hydrogen-bond donors (Lipinski definition) is 5. The summed E-state index contributed by atoms with van der Waals surface area (Å²) >= 11 is 0. The summed E-state index contributed by atoms with van der Waals surface area (Å²) in [6.07, 6.45) is 5.76. The van der Waals surface area contributed by atoms with Gasteiger partial charge in [0, 0.05) is 19.6 Å². The second kappa shape index (κ2) is 16.0. The zero-order chi connectivity index (χ0) is 32.2. The van der Waals surface area contributed by atoms with Gasteiger partial charge in [-0.2, -0.15) is 0 Å². The molecule has 2 fully saturated rings. The Kier molecular flexibility index (Phi) is 12.1. The van der Waals surface area contributed by atoms with Crippen molar-refractivity contribution in [3.63, 3.8) is 0 Å². The van der Waals surface area contributed by atoms with Crippen molar-refractivity contribution >= 4 is 29.3 Å². The lowest BCUT2D eigenvalue weighted by Gasteiger charge is -2.52. The molecular weight excluding hydrogens is 560 g/mol. The number of amides is 4. The van der Waals surface area contributed by atoms with E-state index in [1.54, 1.807) is 40.3 Å². The first kappa shape index (κ1) is 33.4. The van der Waals surface area contributed by atoms with Gasteiger partial charge in [-0.05, 0) is 49.4 Å². The van der Waals surface area contributed by atoms with Crippen molar-refractivity contribution in [1.82, 2.24) is 25.1 Å². The zero-order valence-corrected chi connectivity index (χ0v) is 25.1. The Balaban J connectivity index is 0.000000454. The number of nitrogens with zero attached hydrogens (tertiary/aromatic N) is 4. The Hall–Kier alpha value is -5.07. The number of phenols is 1. The summed E-state index contributed by atoms with van der Waals surface area (Å²) in [5.41, 5.74) is 7.52. The van der Waals surface area contributed by atoms with Crippen LogP contribution in [0, 0.1) is 17.7 Å². The molecule has 1 atom stereocenters. The quantitative estimate of drug-likeness (QED) is 0.252. The lowest BCUT2D eigenvalue weighted by Crippen LogP contribution is -2.74. The maximum atomic E-state index is 13.3.